The Labute approximate surface area is 78.1 Å². The molecule has 1 atom stereocenters. The van der Waals surface area contributed by atoms with Crippen molar-refractivity contribution >= 4 is 0 Å². The molecule has 0 saturated heterocycles. The number of ether oxygens (including phenoxy) is 1. The van der Waals surface area contributed by atoms with E-state index in [1.165, 1.54) is 11.3 Å². The topological polar surface area (TPSA) is 34.2 Å². The van der Waals surface area contributed by atoms with Crippen molar-refractivity contribution in [3.05, 3.63) is 23.4 Å². The summed E-state index contributed by atoms with van der Waals surface area (Å²) in [5.74, 6) is 0.718. The summed E-state index contributed by atoms with van der Waals surface area (Å²) < 4.78 is 5.08. The van der Waals surface area contributed by atoms with Crippen LogP contribution < -0.4 is 10.1 Å². The Morgan fingerprint density at radius 3 is 3.08 bits per heavy atom. The summed E-state index contributed by atoms with van der Waals surface area (Å²) in [4.78, 5) is 4.41. The second kappa shape index (κ2) is 3.34. The molecule has 3 nitrogen and oxygen atoms in total. The molecule has 0 amide bonds. The number of hydrogen-bond donors (Lipinski definition) is 1. The third kappa shape index (κ3) is 1.40. The zero-order valence-electron chi connectivity index (χ0n) is 8.00. The lowest BCUT2D eigenvalue weighted by molar-refractivity contribution is 0.396. The smallest absolute Gasteiger partial charge is 0.213 e. The van der Waals surface area contributed by atoms with E-state index >= 15 is 0 Å². The maximum absolute atomic E-state index is 5.08. The molecule has 1 aliphatic carbocycles. The lowest BCUT2D eigenvalue weighted by atomic mass is 10.1. The molecule has 0 radical (unpaired) electrons. The monoisotopic (exact) mass is 178 g/mol. The first-order chi connectivity index (χ1) is 6.35. The summed E-state index contributed by atoms with van der Waals surface area (Å²) in [6, 6.07) is 4.51. The van der Waals surface area contributed by atoms with Gasteiger partial charge >= 0.3 is 0 Å². The third-order valence-corrected chi connectivity index (χ3v) is 2.59. The van der Waals surface area contributed by atoms with Crippen LogP contribution in [0.1, 0.15) is 23.7 Å². The first kappa shape index (κ1) is 8.51. The van der Waals surface area contributed by atoms with Crippen molar-refractivity contribution < 1.29 is 4.74 Å². The minimum Gasteiger partial charge on any atom is -0.481 e. The van der Waals surface area contributed by atoms with Gasteiger partial charge in [0.05, 0.1) is 7.11 Å². The predicted molar refractivity (Wildman–Crippen MR) is 50.9 cm³/mol. The number of nitrogens with one attached hydrogen (secondary N) is 1. The van der Waals surface area contributed by atoms with E-state index in [4.69, 9.17) is 4.74 Å². The molecule has 13 heavy (non-hydrogen) atoms. The van der Waals surface area contributed by atoms with Crippen LogP contribution in [0.4, 0.5) is 0 Å². The second-order valence-corrected chi connectivity index (χ2v) is 3.27. The molecule has 0 aromatic carbocycles. The summed E-state index contributed by atoms with van der Waals surface area (Å²) in [7, 11) is 3.64. The van der Waals surface area contributed by atoms with E-state index < -0.39 is 0 Å². The predicted octanol–water partition coefficient (Wildman–Crippen LogP) is 1.30. The van der Waals surface area contributed by atoms with Crippen LogP contribution in [0, 0.1) is 0 Å². The minimum atomic E-state index is 0.480. The van der Waals surface area contributed by atoms with E-state index in [1.807, 2.05) is 13.1 Å². The van der Waals surface area contributed by atoms with Crippen LogP contribution in [-0.4, -0.2) is 19.1 Å². The van der Waals surface area contributed by atoms with Gasteiger partial charge in [-0.05, 0) is 25.5 Å². The van der Waals surface area contributed by atoms with E-state index in [2.05, 4.69) is 16.4 Å². The summed E-state index contributed by atoms with van der Waals surface area (Å²) >= 11 is 0. The highest BCUT2D eigenvalue weighted by Gasteiger charge is 2.22. The fourth-order valence-electron chi connectivity index (χ4n) is 1.86. The van der Waals surface area contributed by atoms with E-state index in [0.29, 0.717) is 6.04 Å². The number of rotatable bonds is 2. The van der Waals surface area contributed by atoms with Crippen molar-refractivity contribution in [2.45, 2.75) is 18.9 Å². The first-order valence-corrected chi connectivity index (χ1v) is 4.56. The number of aromatic nitrogens is 1. The van der Waals surface area contributed by atoms with Gasteiger partial charge < -0.3 is 10.1 Å². The number of pyridine rings is 1. The summed E-state index contributed by atoms with van der Waals surface area (Å²) in [6.45, 7) is 0. The highest BCUT2D eigenvalue weighted by Crippen LogP contribution is 2.30. The SMILES string of the molecule is CNC1CCc2nc(OC)ccc21. The largest absolute Gasteiger partial charge is 0.481 e. The van der Waals surface area contributed by atoms with E-state index in [0.717, 1.165) is 18.7 Å². The highest BCUT2D eigenvalue weighted by atomic mass is 16.5. The van der Waals surface area contributed by atoms with Crippen molar-refractivity contribution in [3.63, 3.8) is 0 Å². The average Bonchev–Trinajstić information content (AvgIpc) is 2.59. The van der Waals surface area contributed by atoms with Crippen LogP contribution >= 0.6 is 0 Å². The zero-order chi connectivity index (χ0) is 9.26. The van der Waals surface area contributed by atoms with Crippen LogP contribution in [-0.2, 0) is 6.42 Å². The van der Waals surface area contributed by atoms with Gasteiger partial charge in [0.25, 0.3) is 0 Å². The molecule has 0 saturated carbocycles. The van der Waals surface area contributed by atoms with Crippen LogP contribution in [0.15, 0.2) is 12.1 Å². The van der Waals surface area contributed by atoms with Crippen molar-refractivity contribution in [1.82, 2.24) is 10.3 Å². The van der Waals surface area contributed by atoms with Gasteiger partial charge in [-0.2, -0.15) is 0 Å². The average molecular weight is 178 g/mol. The Balaban J connectivity index is 2.34. The molecule has 1 aromatic rings. The maximum Gasteiger partial charge on any atom is 0.213 e. The third-order valence-electron chi connectivity index (χ3n) is 2.59. The van der Waals surface area contributed by atoms with Gasteiger partial charge in [-0.1, -0.05) is 6.07 Å². The lowest BCUT2D eigenvalue weighted by Gasteiger charge is -2.09. The van der Waals surface area contributed by atoms with E-state index in [9.17, 15) is 0 Å². The zero-order valence-corrected chi connectivity index (χ0v) is 8.00. The molecule has 0 bridgehead atoms. The van der Waals surface area contributed by atoms with Crippen LogP contribution in [0.2, 0.25) is 0 Å². The van der Waals surface area contributed by atoms with Gasteiger partial charge in [0, 0.05) is 17.8 Å². The Bertz CT molecular complexity index is 312. The number of fused-ring (bicyclic) bond motifs is 1. The summed E-state index contributed by atoms with van der Waals surface area (Å²) in [6.07, 6.45) is 2.20. The fraction of sp³-hybridized carbons (Fsp3) is 0.500. The molecule has 3 heteroatoms. The van der Waals surface area contributed by atoms with Crippen molar-refractivity contribution in [2.75, 3.05) is 14.2 Å². The van der Waals surface area contributed by atoms with Crippen molar-refractivity contribution in [3.8, 4) is 5.88 Å². The highest BCUT2D eigenvalue weighted by molar-refractivity contribution is 5.32. The number of methoxy groups -OCH3 is 1. The summed E-state index contributed by atoms with van der Waals surface area (Å²) in [5.41, 5.74) is 2.50. The molecule has 1 aliphatic rings. The first-order valence-electron chi connectivity index (χ1n) is 4.56. The Morgan fingerprint density at radius 2 is 2.38 bits per heavy atom. The van der Waals surface area contributed by atoms with Gasteiger partial charge in [-0.3, -0.25) is 0 Å². The van der Waals surface area contributed by atoms with Gasteiger partial charge in [-0.25, -0.2) is 4.98 Å². The molecule has 0 spiro atoms. The van der Waals surface area contributed by atoms with Gasteiger partial charge in [-0.15, -0.1) is 0 Å². The molecular weight excluding hydrogens is 164 g/mol. The molecule has 2 rings (SSSR count). The molecule has 1 N–H and O–H groups in total. The van der Waals surface area contributed by atoms with Crippen molar-refractivity contribution in [2.24, 2.45) is 0 Å². The maximum atomic E-state index is 5.08. The molecule has 70 valence electrons. The molecule has 0 fully saturated rings. The second-order valence-electron chi connectivity index (χ2n) is 3.27. The van der Waals surface area contributed by atoms with Crippen molar-refractivity contribution in [1.29, 1.82) is 0 Å². The van der Waals surface area contributed by atoms with E-state index in [-0.39, 0.29) is 0 Å². The summed E-state index contributed by atoms with van der Waals surface area (Å²) in [5, 5.41) is 3.28. The number of hydrogen-bond acceptors (Lipinski definition) is 3. The molecule has 1 unspecified atom stereocenters. The fourth-order valence-corrected chi connectivity index (χ4v) is 1.86. The number of aryl methyl sites for hydroxylation is 1. The molecule has 1 heterocycles. The lowest BCUT2D eigenvalue weighted by Crippen LogP contribution is -2.12. The van der Waals surface area contributed by atoms with Crippen LogP contribution in [0.25, 0.3) is 0 Å². The van der Waals surface area contributed by atoms with Crippen LogP contribution in [0.3, 0.4) is 0 Å². The van der Waals surface area contributed by atoms with Gasteiger partial charge in [0.1, 0.15) is 0 Å². The quantitative estimate of drug-likeness (QED) is 0.741. The molecule has 1 aromatic heterocycles. The molecule has 0 aliphatic heterocycles. The Morgan fingerprint density at radius 1 is 1.54 bits per heavy atom. The van der Waals surface area contributed by atoms with Gasteiger partial charge in [0.15, 0.2) is 0 Å². The van der Waals surface area contributed by atoms with E-state index in [1.54, 1.807) is 7.11 Å². The minimum absolute atomic E-state index is 0.480. The number of nitrogens with zero attached hydrogens (tertiary/aromatic N) is 1. The normalized spacial score (nSPS) is 20.0. The molecular formula is C10H14N2O. The standard InChI is InChI=1S/C10H14N2O/c1-11-8-4-5-9-7(8)3-6-10(12-9)13-2/h3,6,8,11H,4-5H2,1-2H3. The Kier molecular flexibility index (Phi) is 2.19. The van der Waals surface area contributed by atoms with Crippen LogP contribution in [0.5, 0.6) is 5.88 Å². The van der Waals surface area contributed by atoms with Gasteiger partial charge in [0.2, 0.25) is 5.88 Å². The Hall–Kier alpha value is -1.09.